The molecule has 2 aromatic heterocycles. The number of carbonyl (C=O) groups excluding carboxylic acids is 1. The highest BCUT2D eigenvalue weighted by atomic mass is 32.1. The van der Waals surface area contributed by atoms with Crippen LogP contribution in [0.4, 0.5) is 10.1 Å². The summed E-state index contributed by atoms with van der Waals surface area (Å²) >= 11 is 1.42. The Kier molecular flexibility index (Phi) is 5.86. The van der Waals surface area contributed by atoms with Gasteiger partial charge in [0.1, 0.15) is 17.4 Å². The molecule has 170 valence electrons. The average molecular weight is 473 g/mol. The molecule has 0 bridgehead atoms. The number of hydrogen-bond acceptors (Lipinski definition) is 5. The molecule has 1 fully saturated rings. The van der Waals surface area contributed by atoms with Crippen molar-refractivity contribution in [3.8, 4) is 6.07 Å². The van der Waals surface area contributed by atoms with Crippen LogP contribution in [0.1, 0.15) is 20.8 Å². The number of amides is 1. The fourth-order valence-corrected chi connectivity index (χ4v) is 5.17. The zero-order valence-corrected chi connectivity index (χ0v) is 19.1. The fourth-order valence-electron chi connectivity index (χ4n) is 4.48. The van der Waals surface area contributed by atoms with Gasteiger partial charge in [-0.25, -0.2) is 4.39 Å². The van der Waals surface area contributed by atoms with Gasteiger partial charge in [0.15, 0.2) is 0 Å². The predicted molar refractivity (Wildman–Crippen MR) is 131 cm³/mol. The summed E-state index contributed by atoms with van der Waals surface area (Å²) in [5.74, 6) is -0.368. The van der Waals surface area contributed by atoms with Crippen molar-refractivity contribution >= 4 is 33.8 Å². The molecule has 0 radical (unpaired) electrons. The molecule has 0 N–H and O–H groups in total. The molecule has 1 aliphatic heterocycles. The number of benzene rings is 2. The molecule has 0 saturated carbocycles. The molecule has 1 aliphatic rings. The molecular formula is C26H21FN4O2S. The third-order valence-corrected chi connectivity index (χ3v) is 6.96. The first-order valence-corrected chi connectivity index (χ1v) is 11.8. The highest BCUT2D eigenvalue weighted by molar-refractivity contribution is 7.12. The van der Waals surface area contributed by atoms with Crippen LogP contribution in [-0.2, 0) is 6.54 Å². The monoisotopic (exact) mass is 472 g/mol. The molecule has 1 amide bonds. The van der Waals surface area contributed by atoms with Gasteiger partial charge >= 0.3 is 0 Å². The summed E-state index contributed by atoms with van der Waals surface area (Å²) in [4.78, 5) is 30.7. The number of halogens is 1. The minimum atomic E-state index is -0.405. The average Bonchev–Trinajstić information content (AvgIpc) is 3.40. The highest BCUT2D eigenvalue weighted by Crippen LogP contribution is 2.30. The second kappa shape index (κ2) is 9.12. The van der Waals surface area contributed by atoms with E-state index < -0.39 is 5.56 Å². The highest BCUT2D eigenvalue weighted by Gasteiger charge is 2.27. The Morgan fingerprint density at radius 2 is 1.82 bits per heavy atom. The lowest BCUT2D eigenvalue weighted by atomic mass is 10.1. The van der Waals surface area contributed by atoms with Crippen LogP contribution in [0, 0.1) is 17.1 Å². The molecular weight excluding hydrogens is 451 g/mol. The van der Waals surface area contributed by atoms with E-state index in [0.717, 1.165) is 5.39 Å². The number of thiophene rings is 1. The summed E-state index contributed by atoms with van der Waals surface area (Å²) in [5, 5.41) is 12.6. The molecule has 34 heavy (non-hydrogen) atoms. The summed E-state index contributed by atoms with van der Waals surface area (Å²) < 4.78 is 15.3. The first kappa shape index (κ1) is 21.9. The summed E-state index contributed by atoms with van der Waals surface area (Å²) in [5.41, 5.74) is 1.58. The zero-order chi connectivity index (χ0) is 23.7. The molecule has 6 nitrogen and oxygen atoms in total. The number of para-hydroxylation sites is 1. The number of hydrogen-bond donors (Lipinski definition) is 0. The van der Waals surface area contributed by atoms with E-state index in [2.05, 4.69) is 6.07 Å². The molecule has 0 atom stereocenters. The van der Waals surface area contributed by atoms with Gasteiger partial charge in [-0.3, -0.25) is 9.59 Å². The zero-order valence-electron chi connectivity index (χ0n) is 18.3. The second-order valence-corrected chi connectivity index (χ2v) is 9.08. The summed E-state index contributed by atoms with van der Waals surface area (Å²) in [6, 6.07) is 19.4. The Morgan fingerprint density at radius 3 is 2.53 bits per heavy atom. The van der Waals surface area contributed by atoms with Crippen molar-refractivity contribution in [2.75, 3.05) is 31.1 Å². The largest absolute Gasteiger partial charge is 0.366 e. The number of pyridine rings is 1. The minimum absolute atomic E-state index is 0.00512. The maximum Gasteiger partial charge on any atom is 0.271 e. The lowest BCUT2D eigenvalue weighted by Crippen LogP contribution is -2.49. The standard InChI is InChI=1S/C26H21FN4O2S/c27-19-6-3-5-18(15-19)17-31-22-8-2-1-7-20(22)24(21(16-28)25(31)32)29-10-12-30(13-11-29)26(33)23-9-4-14-34-23/h1-9,14-15H,10-13,17H2. The quantitative estimate of drug-likeness (QED) is 0.449. The Balaban J connectivity index is 1.52. The molecule has 0 unspecified atom stereocenters. The van der Waals surface area contributed by atoms with Crippen molar-refractivity contribution in [2.24, 2.45) is 0 Å². The lowest BCUT2D eigenvalue weighted by molar-refractivity contribution is 0.0751. The van der Waals surface area contributed by atoms with Gasteiger partial charge in [-0.1, -0.05) is 36.4 Å². The summed E-state index contributed by atoms with van der Waals surface area (Å²) in [6.45, 7) is 2.20. The van der Waals surface area contributed by atoms with Gasteiger partial charge in [-0.15, -0.1) is 11.3 Å². The van der Waals surface area contributed by atoms with Gasteiger partial charge in [0.2, 0.25) is 0 Å². The van der Waals surface area contributed by atoms with E-state index >= 15 is 0 Å². The van der Waals surface area contributed by atoms with Gasteiger partial charge in [-0.05, 0) is 35.2 Å². The van der Waals surface area contributed by atoms with Crippen molar-refractivity contribution in [2.45, 2.75) is 6.54 Å². The molecule has 1 saturated heterocycles. The molecule has 4 aromatic rings. The van der Waals surface area contributed by atoms with Gasteiger partial charge in [0.05, 0.1) is 22.6 Å². The summed E-state index contributed by atoms with van der Waals surface area (Å²) in [6.07, 6.45) is 0. The van der Waals surface area contributed by atoms with Crippen LogP contribution in [0.5, 0.6) is 0 Å². The lowest BCUT2D eigenvalue weighted by Gasteiger charge is -2.37. The minimum Gasteiger partial charge on any atom is -0.366 e. The van der Waals surface area contributed by atoms with Crippen molar-refractivity contribution in [1.82, 2.24) is 9.47 Å². The molecule has 8 heteroatoms. The van der Waals surface area contributed by atoms with Crippen molar-refractivity contribution in [3.05, 3.63) is 98.2 Å². The molecule has 0 spiro atoms. The first-order valence-electron chi connectivity index (χ1n) is 10.9. The van der Waals surface area contributed by atoms with Crippen LogP contribution in [-0.4, -0.2) is 41.6 Å². The second-order valence-electron chi connectivity index (χ2n) is 8.13. The topological polar surface area (TPSA) is 69.3 Å². The van der Waals surface area contributed by atoms with E-state index in [1.165, 1.54) is 28.0 Å². The SMILES string of the molecule is N#Cc1c(N2CCN(C(=O)c3cccs3)CC2)c2ccccc2n(Cc2cccc(F)c2)c1=O. The number of aromatic nitrogens is 1. The maximum absolute atomic E-state index is 13.7. The van der Waals surface area contributed by atoms with Gasteiger partial charge in [0.25, 0.3) is 11.5 Å². The van der Waals surface area contributed by atoms with Crippen molar-refractivity contribution < 1.29 is 9.18 Å². The van der Waals surface area contributed by atoms with E-state index in [4.69, 9.17) is 0 Å². The van der Waals surface area contributed by atoms with E-state index in [9.17, 15) is 19.2 Å². The molecule has 5 rings (SSSR count). The predicted octanol–water partition coefficient (Wildman–Crippen LogP) is 4.08. The summed E-state index contributed by atoms with van der Waals surface area (Å²) in [7, 11) is 0. The van der Waals surface area contributed by atoms with Crippen LogP contribution in [0.2, 0.25) is 0 Å². The Morgan fingerprint density at radius 1 is 1.03 bits per heavy atom. The van der Waals surface area contributed by atoms with Gasteiger partial charge in [-0.2, -0.15) is 5.26 Å². The number of carbonyl (C=O) groups is 1. The molecule has 0 aliphatic carbocycles. The van der Waals surface area contributed by atoms with Gasteiger partial charge < -0.3 is 14.4 Å². The number of fused-ring (bicyclic) bond motifs is 1. The normalized spacial score (nSPS) is 13.8. The Labute approximate surface area is 199 Å². The smallest absolute Gasteiger partial charge is 0.271 e. The number of rotatable bonds is 4. The molecule has 2 aromatic carbocycles. The fraction of sp³-hybridized carbons (Fsp3) is 0.192. The molecule has 3 heterocycles. The van der Waals surface area contributed by atoms with Crippen LogP contribution < -0.4 is 10.5 Å². The number of nitriles is 1. The van der Waals surface area contributed by atoms with Crippen LogP contribution in [0.3, 0.4) is 0 Å². The van der Waals surface area contributed by atoms with Crippen molar-refractivity contribution in [1.29, 1.82) is 5.26 Å². The number of piperazine rings is 1. The first-order chi connectivity index (χ1) is 16.6. The van der Waals surface area contributed by atoms with Crippen LogP contribution >= 0.6 is 11.3 Å². The Bertz CT molecular complexity index is 1460. The van der Waals surface area contributed by atoms with Crippen molar-refractivity contribution in [3.63, 3.8) is 0 Å². The van der Waals surface area contributed by atoms with E-state index in [0.29, 0.717) is 47.8 Å². The maximum atomic E-state index is 13.7. The van der Waals surface area contributed by atoms with Crippen LogP contribution in [0.15, 0.2) is 70.8 Å². The van der Waals surface area contributed by atoms with E-state index in [1.807, 2.05) is 51.6 Å². The van der Waals surface area contributed by atoms with Crippen LogP contribution in [0.25, 0.3) is 10.9 Å². The Hall–Kier alpha value is -3.96. The number of nitrogens with zero attached hydrogens (tertiary/aromatic N) is 4. The van der Waals surface area contributed by atoms with Gasteiger partial charge in [0, 0.05) is 31.6 Å². The third-order valence-electron chi connectivity index (χ3n) is 6.10. The van der Waals surface area contributed by atoms with E-state index in [1.54, 1.807) is 12.1 Å². The number of anilines is 1. The van der Waals surface area contributed by atoms with E-state index in [-0.39, 0.29) is 23.8 Å². The third kappa shape index (κ3) is 3.95.